The zero-order valence-electron chi connectivity index (χ0n) is 20.5. The van der Waals surface area contributed by atoms with Crippen molar-refractivity contribution in [3.63, 3.8) is 0 Å². The van der Waals surface area contributed by atoms with Crippen molar-refractivity contribution in [3.05, 3.63) is 45.1 Å². The van der Waals surface area contributed by atoms with Crippen LogP contribution in [0.4, 0.5) is 0 Å². The Balaban J connectivity index is 1.68. The first-order valence-electron chi connectivity index (χ1n) is 11.9. The summed E-state index contributed by atoms with van der Waals surface area (Å²) < 4.78 is 12.7. The number of hydrogen-bond donors (Lipinski definition) is 1. The second kappa shape index (κ2) is 10.3. The Morgan fingerprint density at radius 3 is 2.28 bits per heavy atom. The highest BCUT2D eigenvalue weighted by atomic mass is 35.5. The highest BCUT2D eigenvalue weighted by Gasteiger charge is 2.24. The molecule has 0 bridgehead atoms. The molecule has 1 saturated heterocycles. The maximum absolute atomic E-state index is 14.1. The third kappa shape index (κ3) is 4.30. The number of fused-ring (bicyclic) bond motifs is 3. The van der Waals surface area contributed by atoms with Crippen LogP contribution in [0.5, 0.6) is 11.5 Å². The highest BCUT2D eigenvalue weighted by Crippen LogP contribution is 2.45. The molecule has 0 spiro atoms. The van der Waals surface area contributed by atoms with Crippen molar-refractivity contribution in [2.24, 2.45) is 0 Å². The molecule has 0 atom stereocenters. The largest absolute Gasteiger partial charge is 0.495 e. The number of imidazole rings is 1. The van der Waals surface area contributed by atoms with Crippen molar-refractivity contribution in [2.45, 2.75) is 13.5 Å². The fourth-order valence-electron chi connectivity index (χ4n) is 4.84. The van der Waals surface area contributed by atoms with Gasteiger partial charge in [0.15, 0.2) is 5.65 Å². The summed E-state index contributed by atoms with van der Waals surface area (Å²) in [5.41, 5.74) is 2.53. The van der Waals surface area contributed by atoms with Gasteiger partial charge in [-0.1, -0.05) is 30.1 Å². The summed E-state index contributed by atoms with van der Waals surface area (Å²) in [5, 5.41) is 1.27. The van der Waals surface area contributed by atoms with E-state index < -0.39 is 0 Å². The van der Waals surface area contributed by atoms with Gasteiger partial charge in [-0.2, -0.15) is 0 Å². The Kier molecular flexibility index (Phi) is 7.07. The minimum absolute atomic E-state index is 0.212. The minimum Gasteiger partial charge on any atom is -0.495 e. The molecular formula is C25H28Cl2N6O3. The second-order valence-electron chi connectivity index (χ2n) is 8.74. The summed E-state index contributed by atoms with van der Waals surface area (Å²) in [6.45, 7) is 8.43. The molecule has 5 rings (SSSR count). The van der Waals surface area contributed by atoms with E-state index in [1.165, 1.54) is 14.2 Å². The van der Waals surface area contributed by atoms with Crippen molar-refractivity contribution in [2.75, 3.05) is 53.5 Å². The van der Waals surface area contributed by atoms with E-state index in [4.69, 9.17) is 32.7 Å². The average Bonchev–Trinajstić information content (AvgIpc) is 3.38. The summed E-state index contributed by atoms with van der Waals surface area (Å²) in [7, 11) is 3.02. The van der Waals surface area contributed by atoms with Gasteiger partial charge in [-0.25, -0.2) is 9.97 Å². The number of likely N-dealkylation sites (N-methyl/N-ethyl adjacent to an activating group) is 1. The number of methoxy groups -OCH3 is 2. The van der Waals surface area contributed by atoms with Gasteiger partial charge < -0.3 is 23.9 Å². The molecule has 190 valence electrons. The van der Waals surface area contributed by atoms with Crippen LogP contribution in [0.2, 0.25) is 10.0 Å². The Morgan fingerprint density at radius 2 is 1.64 bits per heavy atom. The predicted molar refractivity (Wildman–Crippen MR) is 143 cm³/mol. The number of pyridine rings is 2. The normalized spacial score (nSPS) is 15.1. The van der Waals surface area contributed by atoms with Crippen LogP contribution in [0.3, 0.4) is 0 Å². The lowest BCUT2D eigenvalue weighted by Crippen LogP contribution is -2.47. The molecular weight excluding hydrogens is 503 g/mol. The van der Waals surface area contributed by atoms with Crippen molar-refractivity contribution < 1.29 is 9.47 Å². The van der Waals surface area contributed by atoms with E-state index in [0.717, 1.165) is 50.2 Å². The van der Waals surface area contributed by atoms with E-state index in [9.17, 15) is 4.79 Å². The van der Waals surface area contributed by atoms with Gasteiger partial charge in [0.25, 0.3) is 5.56 Å². The fraction of sp³-hybridized carbons (Fsp3) is 0.400. The molecule has 4 aromatic rings. The Labute approximate surface area is 218 Å². The summed E-state index contributed by atoms with van der Waals surface area (Å²) in [6.07, 6.45) is 3.31. The van der Waals surface area contributed by atoms with Crippen LogP contribution in [-0.4, -0.2) is 82.8 Å². The maximum Gasteiger partial charge on any atom is 0.259 e. The average molecular weight is 531 g/mol. The van der Waals surface area contributed by atoms with Gasteiger partial charge >= 0.3 is 0 Å². The number of aromatic nitrogens is 4. The zero-order valence-corrected chi connectivity index (χ0v) is 22.0. The van der Waals surface area contributed by atoms with Crippen LogP contribution >= 0.6 is 23.2 Å². The van der Waals surface area contributed by atoms with Crippen LogP contribution in [0.1, 0.15) is 6.92 Å². The van der Waals surface area contributed by atoms with Gasteiger partial charge in [-0.15, -0.1) is 0 Å². The van der Waals surface area contributed by atoms with E-state index in [2.05, 4.69) is 31.7 Å². The number of rotatable bonds is 7. The number of halogens is 2. The number of aromatic amines is 1. The van der Waals surface area contributed by atoms with Crippen LogP contribution in [0, 0.1) is 0 Å². The van der Waals surface area contributed by atoms with Crippen LogP contribution < -0.4 is 15.0 Å². The van der Waals surface area contributed by atoms with E-state index in [-0.39, 0.29) is 15.6 Å². The lowest BCUT2D eigenvalue weighted by atomic mass is 10.0. The number of benzene rings is 1. The van der Waals surface area contributed by atoms with E-state index in [1.807, 2.05) is 0 Å². The molecule has 0 aliphatic carbocycles. The molecule has 1 fully saturated rings. The Bertz CT molecular complexity index is 1450. The van der Waals surface area contributed by atoms with Gasteiger partial charge in [-0.3, -0.25) is 9.69 Å². The molecule has 1 aliphatic rings. The molecule has 0 radical (unpaired) electrons. The molecule has 0 amide bonds. The second-order valence-corrected chi connectivity index (χ2v) is 9.49. The van der Waals surface area contributed by atoms with Crippen molar-refractivity contribution in [1.82, 2.24) is 29.3 Å². The molecule has 1 N–H and O–H groups in total. The maximum atomic E-state index is 14.1. The third-order valence-corrected chi connectivity index (χ3v) is 7.65. The van der Waals surface area contributed by atoms with Crippen LogP contribution in [-0.2, 0) is 6.54 Å². The SMILES string of the molecule is CCN1CCN(CCn2c(=O)c(-c3c(Cl)c(OC)cc(OC)c3Cl)cc3cnc4nc[nH]c4c32)CC1. The quantitative estimate of drug-likeness (QED) is 0.387. The number of piperazine rings is 1. The summed E-state index contributed by atoms with van der Waals surface area (Å²) >= 11 is 13.4. The van der Waals surface area contributed by atoms with Gasteiger partial charge in [0, 0.05) is 62.5 Å². The first-order chi connectivity index (χ1) is 17.5. The minimum atomic E-state index is -0.212. The predicted octanol–water partition coefficient (Wildman–Crippen LogP) is 3.90. The summed E-state index contributed by atoms with van der Waals surface area (Å²) in [5.74, 6) is 0.741. The number of hydrogen-bond acceptors (Lipinski definition) is 7. The van der Waals surface area contributed by atoms with Gasteiger partial charge in [0.05, 0.1) is 41.7 Å². The van der Waals surface area contributed by atoms with Crippen molar-refractivity contribution in [1.29, 1.82) is 0 Å². The molecule has 0 unspecified atom stereocenters. The smallest absolute Gasteiger partial charge is 0.259 e. The highest BCUT2D eigenvalue weighted by molar-refractivity contribution is 6.41. The number of H-pyrrole nitrogens is 1. The topological polar surface area (TPSA) is 88.5 Å². The third-order valence-electron chi connectivity index (χ3n) is 6.90. The Hall–Kier alpha value is -2.85. The molecule has 1 aliphatic heterocycles. The van der Waals surface area contributed by atoms with E-state index in [0.29, 0.717) is 40.3 Å². The summed E-state index contributed by atoms with van der Waals surface area (Å²) in [4.78, 5) is 30.8. The molecule has 0 saturated carbocycles. The Morgan fingerprint density at radius 1 is 0.972 bits per heavy atom. The van der Waals surface area contributed by atoms with Gasteiger partial charge in [-0.05, 0) is 12.6 Å². The van der Waals surface area contributed by atoms with E-state index >= 15 is 0 Å². The fourth-order valence-corrected chi connectivity index (χ4v) is 5.55. The summed E-state index contributed by atoms with van der Waals surface area (Å²) in [6, 6.07) is 3.38. The first-order valence-corrected chi connectivity index (χ1v) is 12.6. The monoisotopic (exact) mass is 530 g/mol. The standard InChI is InChI=1S/C25H28Cl2N6O3/c1-4-31-5-7-32(8-6-31)9-10-33-23-15(13-28-24-22(23)29-14-30-24)11-16(25(33)34)19-20(26)17(35-2)12-18(36-3)21(19)27/h11-14H,4-10H2,1-3H3,(H,28,29,30). The van der Waals surface area contributed by atoms with Gasteiger partial charge in [0.2, 0.25) is 0 Å². The zero-order chi connectivity index (χ0) is 25.4. The van der Waals surface area contributed by atoms with Crippen LogP contribution in [0.25, 0.3) is 33.2 Å². The van der Waals surface area contributed by atoms with Crippen LogP contribution in [0.15, 0.2) is 29.5 Å². The lowest BCUT2D eigenvalue weighted by Gasteiger charge is -2.34. The number of nitrogens with zero attached hydrogens (tertiary/aromatic N) is 5. The molecule has 3 aromatic heterocycles. The van der Waals surface area contributed by atoms with Crippen molar-refractivity contribution in [3.8, 4) is 22.6 Å². The lowest BCUT2D eigenvalue weighted by molar-refractivity contribution is 0.134. The van der Waals surface area contributed by atoms with E-state index in [1.54, 1.807) is 29.2 Å². The van der Waals surface area contributed by atoms with Crippen molar-refractivity contribution >= 4 is 45.3 Å². The molecule has 1 aromatic carbocycles. The number of nitrogens with one attached hydrogen (secondary N) is 1. The molecule has 36 heavy (non-hydrogen) atoms. The molecule has 9 nitrogen and oxygen atoms in total. The first kappa shape index (κ1) is 24.8. The molecule has 11 heteroatoms. The number of ether oxygens (including phenoxy) is 2. The van der Waals surface area contributed by atoms with Gasteiger partial charge in [0.1, 0.15) is 17.0 Å². The molecule has 4 heterocycles.